The summed E-state index contributed by atoms with van der Waals surface area (Å²) in [5, 5.41) is 0. The highest BCUT2D eigenvalue weighted by Crippen LogP contribution is 2.17. The number of benzene rings is 1. The molecule has 0 aliphatic rings. The van der Waals surface area contributed by atoms with Crippen LogP contribution in [0.4, 0.5) is 5.82 Å². The van der Waals surface area contributed by atoms with E-state index in [1.54, 1.807) is 35.6 Å². The largest absolute Gasteiger partial charge is 0.288 e. The van der Waals surface area contributed by atoms with Crippen molar-refractivity contribution in [3.05, 3.63) is 90.4 Å². The Morgan fingerprint density at radius 3 is 2.27 bits per heavy atom. The molecule has 3 rings (SSSR count). The van der Waals surface area contributed by atoms with E-state index in [4.69, 9.17) is 0 Å². The van der Waals surface area contributed by atoms with Crippen molar-refractivity contribution in [2.45, 2.75) is 6.54 Å². The molecule has 0 aliphatic heterocycles. The molecule has 0 fully saturated rings. The van der Waals surface area contributed by atoms with E-state index in [-0.39, 0.29) is 5.91 Å². The fourth-order valence-electron chi connectivity index (χ4n) is 2.19. The highest BCUT2D eigenvalue weighted by atomic mass is 16.2. The maximum atomic E-state index is 12.8. The Kier molecular flexibility index (Phi) is 4.20. The smallest absolute Gasteiger partial charge is 0.259 e. The van der Waals surface area contributed by atoms with Crippen LogP contribution in [0.15, 0.2) is 79.3 Å². The Bertz CT molecular complexity index is 730. The Labute approximate surface area is 129 Å². The number of rotatable bonds is 4. The Morgan fingerprint density at radius 2 is 1.59 bits per heavy atom. The van der Waals surface area contributed by atoms with E-state index in [9.17, 15) is 4.79 Å². The van der Waals surface area contributed by atoms with Crippen LogP contribution >= 0.6 is 0 Å². The molecule has 2 heterocycles. The molecule has 0 saturated heterocycles. The van der Waals surface area contributed by atoms with Gasteiger partial charge in [-0.2, -0.15) is 0 Å². The number of carbonyl (C=O) groups excluding carboxylic acids is 1. The molecular formula is C18H15N3O. The summed E-state index contributed by atoms with van der Waals surface area (Å²) in [6, 6.07) is 18.8. The topological polar surface area (TPSA) is 46.1 Å². The monoisotopic (exact) mass is 289 g/mol. The second-order valence-electron chi connectivity index (χ2n) is 4.80. The van der Waals surface area contributed by atoms with Crippen LogP contribution in [-0.2, 0) is 6.54 Å². The van der Waals surface area contributed by atoms with Gasteiger partial charge in [0.15, 0.2) is 0 Å². The number of hydrogen-bond acceptors (Lipinski definition) is 3. The first-order chi connectivity index (χ1) is 10.8. The Balaban J connectivity index is 1.95. The molecule has 4 heteroatoms. The van der Waals surface area contributed by atoms with Gasteiger partial charge in [0.25, 0.3) is 5.91 Å². The maximum absolute atomic E-state index is 12.8. The predicted octanol–water partition coefficient (Wildman–Crippen LogP) is 3.32. The van der Waals surface area contributed by atoms with Crippen LogP contribution in [0, 0.1) is 0 Å². The van der Waals surface area contributed by atoms with Gasteiger partial charge in [0.05, 0.1) is 6.54 Å². The highest BCUT2D eigenvalue weighted by Gasteiger charge is 2.18. The number of aromatic nitrogens is 2. The molecule has 0 unspecified atom stereocenters. The first kappa shape index (κ1) is 13.9. The van der Waals surface area contributed by atoms with E-state index in [0.717, 1.165) is 5.56 Å². The van der Waals surface area contributed by atoms with Crippen LogP contribution < -0.4 is 4.90 Å². The van der Waals surface area contributed by atoms with Gasteiger partial charge in [-0.15, -0.1) is 0 Å². The van der Waals surface area contributed by atoms with Gasteiger partial charge in [0, 0.05) is 24.2 Å². The van der Waals surface area contributed by atoms with E-state index < -0.39 is 0 Å². The van der Waals surface area contributed by atoms with Crippen LogP contribution in [-0.4, -0.2) is 15.9 Å². The Morgan fingerprint density at radius 1 is 0.864 bits per heavy atom. The standard InChI is InChI=1S/C18H15N3O/c22-18(16-9-12-19-13-10-16)21(17-8-4-5-11-20-17)14-15-6-2-1-3-7-15/h1-13H,14H2. The molecular weight excluding hydrogens is 274 g/mol. The van der Waals surface area contributed by atoms with Gasteiger partial charge in [-0.05, 0) is 29.8 Å². The van der Waals surface area contributed by atoms with Crippen molar-refractivity contribution in [2.24, 2.45) is 0 Å². The van der Waals surface area contributed by atoms with Crippen LogP contribution in [0.1, 0.15) is 15.9 Å². The molecule has 0 aliphatic carbocycles. The molecule has 1 aromatic carbocycles. The second kappa shape index (κ2) is 6.63. The number of pyridine rings is 2. The quantitative estimate of drug-likeness (QED) is 0.740. The summed E-state index contributed by atoms with van der Waals surface area (Å²) in [6.45, 7) is 0.471. The fraction of sp³-hybridized carbons (Fsp3) is 0.0556. The van der Waals surface area contributed by atoms with E-state index in [1.807, 2.05) is 48.5 Å². The summed E-state index contributed by atoms with van der Waals surface area (Å²) in [4.78, 5) is 22.7. The van der Waals surface area contributed by atoms with Crippen molar-refractivity contribution in [3.63, 3.8) is 0 Å². The number of nitrogens with zero attached hydrogens (tertiary/aromatic N) is 3. The van der Waals surface area contributed by atoms with Gasteiger partial charge < -0.3 is 0 Å². The zero-order valence-electron chi connectivity index (χ0n) is 12.0. The van der Waals surface area contributed by atoms with E-state index in [1.165, 1.54) is 0 Å². The SMILES string of the molecule is O=C(c1ccncc1)N(Cc1ccccc1)c1ccccn1. The van der Waals surface area contributed by atoms with E-state index >= 15 is 0 Å². The molecule has 0 spiro atoms. The first-order valence-electron chi connectivity index (χ1n) is 7.01. The first-order valence-corrected chi connectivity index (χ1v) is 7.01. The van der Waals surface area contributed by atoms with Gasteiger partial charge in [-0.25, -0.2) is 4.98 Å². The molecule has 3 aromatic rings. The lowest BCUT2D eigenvalue weighted by molar-refractivity contribution is 0.0984. The lowest BCUT2D eigenvalue weighted by Gasteiger charge is -2.22. The number of anilines is 1. The normalized spacial score (nSPS) is 10.2. The number of hydrogen-bond donors (Lipinski definition) is 0. The third-order valence-electron chi connectivity index (χ3n) is 3.28. The second-order valence-corrected chi connectivity index (χ2v) is 4.80. The van der Waals surface area contributed by atoms with Crippen molar-refractivity contribution < 1.29 is 4.79 Å². The number of amides is 1. The van der Waals surface area contributed by atoms with E-state index in [2.05, 4.69) is 9.97 Å². The minimum Gasteiger partial charge on any atom is -0.288 e. The summed E-state index contributed by atoms with van der Waals surface area (Å²) in [6.07, 6.45) is 4.92. The lowest BCUT2D eigenvalue weighted by atomic mass is 10.2. The highest BCUT2D eigenvalue weighted by molar-refractivity contribution is 6.05. The van der Waals surface area contributed by atoms with Gasteiger partial charge in [0.2, 0.25) is 0 Å². The zero-order chi connectivity index (χ0) is 15.2. The Hall–Kier alpha value is -3.01. The molecule has 4 nitrogen and oxygen atoms in total. The molecule has 1 amide bonds. The van der Waals surface area contributed by atoms with Crippen molar-refractivity contribution in [1.82, 2.24) is 9.97 Å². The average Bonchev–Trinajstić information content (AvgIpc) is 2.61. The zero-order valence-corrected chi connectivity index (χ0v) is 12.0. The molecule has 0 atom stereocenters. The minimum atomic E-state index is -0.0926. The average molecular weight is 289 g/mol. The van der Waals surface area contributed by atoms with Gasteiger partial charge in [0.1, 0.15) is 5.82 Å². The number of carbonyl (C=O) groups is 1. The van der Waals surface area contributed by atoms with Gasteiger partial charge in [-0.1, -0.05) is 36.4 Å². The van der Waals surface area contributed by atoms with Crippen LogP contribution in [0.25, 0.3) is 0 Å². The molecule has 0 bridgehead atoms. The predicted molar refractivity (Wildman–Crippen MR) is 85.4 cm³/mol. The van der Waals surface area contributed by atoms with Gasteiger partial charge in [-0.3, -0.25) is 14.7 Å². The summed E-state index contributed by atoms with van der Waals surface area (Å²) >= 11 is 0. The van der Waals surface area contributed by atoms with Crippen molar-refractivity contribution in [3.8, 4) is 0 Å². The van der Waals surface area contributed by atoms with Crippen molar-refractivity contribution >= 4 is 11.7 Å². The fourth-order valence-corrected chi connectivity index (χ4v) is 2.19. The molecule has 0 saturated carbocycles. The van der Waals surface area contributed by atoms with Crippen LogP contribution in [0.2, 0.25) is 0 Å². The van der Waals surface area contributed by atoms with Crippen molar-refractivity contribution in [1.29, 1.82) is 0 Å². The van der Waals surface area contributed by atoms with Gasteiger partial charge >= 0.3 is 0 Å². The molecule has 22 heavy (non-hydrogen) atoms. The summed E-state index contributed by atoms with van der Waals surface area (Å²) < 4.78 is 0. The van der Waals surface area contributed by atoms with E-state index in [0.29, 0.717) is 17.9 Å². The van der Waals surface area contributed by atoms with Crippen LogP contribution in [0.5, 0.6) is 0 Å². The lowest BCUT2D eigenvalue weighted by Crippen LogP contribution is -2.31. The minimum absolute atomic E-state index is 0.0926. The molecule has 0 radical (unpaired) electrons. The summed E-state index contributed by atoms with van der Waals surface area (Å²) in [5.41, 5.74) is 1.65. The third kappa shape index (κ3) is 3.17. The molecule has 2 aromatic heterocycles. The summed E-state index contributed by atoms with van der Waals surface area (Å²) in [7, 11) is 0. The molecule has 0 N–H and O–H groups in total. The van der Waals surface area contributed by atoms with Crippen LogP contribution in [0.3, 0.4) is 0 Å². The van der Waals surface area contributed by atoms with Crippen molar-refractivity contribution in [2.75, 3.05) is 4.90 Å². The third-order valence-corrected chi connectivity index (χ3v) is 3.28. The summed E-state index contributed by atoms with van der Waals surface area (Å²) in [5.74, 6) is 0.540. The maximum Gasteiger partial charge on any atom is 0.259 e. The molecule has 108 valence electrons.